The molecule has 0 saturated heterocycles. The van der Waals surface area contributed by atoms with Crippen LogP contribution < -0.4 is 0 Å². The van der Waals surface area contributed by atoms with Crippen LogP contribution in [0.2, 0.25) is 0 Å². The van der Waals surface area contributed by atoms with Gasteiger partial charge in [0.15, 0.2) is 0 Å². The summed E-state index contributed by atoms with van der Waals surface area (Å²) in [6.45, 7) is 0. The van der Waals surface area contributed by atoms with Crippen LogP contribution in [0.3, 0.4) is 0 Å². The maximum absolute atomic E-state index is 0. The summed E-state index contributed by atoms with van der Waals surface area (Å²) in [7, 11) is 0. The van der Waals surface area contributed by atoms with Gasteiger partial charge in [-0.15, -0.1) is 0 Å². The molecule has 0 nitrogen and oxygen atoms in total. The zero-order valence-corrected chi connectivity index (χ0v) is 13.8. The van der Waals surface area contributed by atoms with Gasteiger partial charge in [-0.3, -0.25) is 0 Å². The molecule has 0 aromatic rings. The van der Waals surface area contributed by atoms with Gasteiger partial charge in [0.1, 0.15) is 0 Å². The summed E-state index contributed by atoms with van der Waals surface area (Å²) in [6.07, 6.45) is 0. The summed E-state index contributed by atoms with van der Waals surface area (Å²) >= 11 is 0. The molecule has 0 aliphatic carbocycles. The van der Waals surface area contributed by atoms with Crippen LogP contribution in [-0.2, 0) is 41.2 Å². The Kier molecular flexibility index (Phi) is 296. The van der Waals surface area contributed by atoms with Gasteiger partial charge in [0, 0.05) is 132 Å². The molecule has 0 spiro atoms. The molecule has 0 aliphatic rings. The Morgan fingerprint density at radius 1 is 1.00 bits per heavy atom. The van der Waals surface area contributed by atoms with Crippen molar-refractivity contribution in [2.75, 3.05) is 0 Å². The van der Waals surface area contributed by atoms with E-state index in [1.807, 2.05) is 0 Å². The quantitative estimate of drug-likeness (QED) is 0.496. The van der Waals surface area contributed by atoms with Crippen LogP contribution in [0.4, 0.5) is 0 Å². The van der Waals surface area contributed by atoms with E-state index in [2.05, 4.69) is 0 Å². The maximum Gasteiger partial charge on any atom is 0 e. The molecule has 0 saturated carbocycles. The molecule has 0 atom stereocenters. The second-order valence-corrected chi connectivity index (χ2v) is 0. The van der Waals surface area contributed by atoms with Crippen LogP contribution in [0.5, 0.6) is 0 Å². The van der Waals surface area contributed by atoms with Crippen LogP contribution in [-0.4, -0.2) is 48.8 Å². The molecule has 0 aliphatic heterocycles. The molecule has 18 valence electrons. The molecule has 0 unspecified atom stereocenters. The van der Waals surface area contributed by atoms with E-state index in [-0.39, 0.29) is 132 Å². The number of rotatable bonds is 0. The standard InChI is InChI=1S/Al.B.Ce.Mg.Ti.Zn. The van der Waals surface area contributed by atoms with E-state index in [1.54, 1.807) is 0 Å². The Balaban J connectivity index is 0. The number of hydrogen-bond donors (Lipinski definition) is 0. The first-order valence-electron chi connectivity index (χ1n) is 0. The molecule has 0 bridgehead atoms. The third-order valence-electron chi connectivity index (χ3n) is 0. The van der Waals surface area contributed by atoms with Gasteiger partial charge >= 0.3 is 0 Å². The second-order valence-electron chi connectivity index (χ2n) is 0. The van der Waals surface area contributed by atoms with Crippen molar-refractivity contribution < 1.29 is 82.9 Å². The summed E-state index contributed by atoms with van der Waals surface area (Å²) in [5, 5.41) is 0. The van der Waals surface area contributed by atoms with E-state index in [4.69, 9.17) is 0 Å². The molecule has 0 heterocycles. The van der Waals surface area contributed by atoms with Gasteiger partial charge in [-0.05, 0) is 0 Å². The SMILES string of the molecule is [Al].[B].[Ce].[Mg].[Ti].[Zn]. The Morgan fingerprint density at radius 2 is 1.00 bits per heavy atom. The summed E-state index contributed by atoms with van der Waals surface area (Å²) < 4.78 is 0. The van der Waals surface area contributed by atoms with Crippen molar-refractivity contribution in [3.05, 3.63) is 0 Å². The van der Waals surface area contributed by atoms with Gasteiger partial charge in [0.2, 0.25) is 0 Å². The van der Waals surface area contributed by atoms with Gasteiger partial charge < -0.3 is 0 Å². The zero-order valence-electron chi connectivity index (χ0n) is 3.57. The molecule has 0 rings (SSSR count). The topological polar surface area (TPSA) is 0 Å². The van der Waals surface area contributed by atoms with Crippen molar-refractivity contribution in [3.63, 3.8) is 0 Å². The van der Waals surface area contributed by atoms with Crippen molar-refractivity contribution in [1.82, 2.24) is 0 Å². The summed E-state index contributed by atoms with van der Waals surface area (Å²) in [4.78, 5) is 0. The third kappa shape index (κ3) is 24.3. The molecule has 0 amide bonds. The zero-order chi connectivity index (χ0) is 0. The second kappa shape index (κ2) is 35.6. The first-order chi connectivity index (χ1) is 0. The fourth-order valence-electron chi connectivity index (χ4n) is 0. The van der Waals surface area contributed by atoms with E-state index in [9.17, 15) is 0 Å². The molecular formula is AlBCeMgTiZn. The van der Waals surface area contributed by atoms with Gasteiger partial charge in [-0.1, -0.05) is 0 Å². The molecular weight excluding hydrogens is 315 g/mol. The molecule has 6 heavy (non-hydrogen) atoms. The summed E-state index contributed by atoms with van der Waals surface area (Å²) in [5.41, 5.74) is 0. The molecule has 0 N–H and O–H groups in total. The number of hydrogen-bond acceptors (Lipinski definition) is 0. The Hall–Kier alpha value is 4.08. The molecule has 0 fully saturated rings. The minimum atomic E-state index is 0. The van der Waals surface area contributed by atoms with E-state index in [1.165, 1.54) is 0 Å². The molecule has 0 aromatic carbocycles. The normalized spacial score (nSPS) is 0. The van der Waals surface area contributed by atoms with E-state index >= 15 is 0 Å². The van der Waals surface area contributed by atoms with Crippen molar-refractivity contribution >= 4 is 48.8 Å². The first-order valence-corrected chi connectivity index (χ1v) is 0. The fraction of sp³-hybridized carbons (Fsp3) is 0. The Bertz CT molecular complexity index is 15.5. The van der Waals surface area contributed by atoms with Crippen molar-refractivity contribution in [2.45, 2.75) is 0 Å². The van der Waals surface area contributed by atoms with Crippen molar-refractivity contribution in [1.29, 1.82) is 0 Å². The minimum absolute atomic E-state index is 0. The third-order valence-corrected chi connectivity index (χ3v) is 0. The predicted octanol–water partition coefficient (Wildman–Crippen LogP) is -1.15. The Labute approximate surface area is 129 Å². The maximum atomic E-state index is 0. The average molecular weight is 315 g/mol. The van der Waals surface area contributed by atoms with Crippen LogP contribution in [0, 0.1) is 41.7 Å². The van der Waals surface area contributed by atoms with Crippen LogP contribution in [0.15, 0.2) is 0 Å². The molecule has 8 radical (unpaired) electrons. The van der Waals surface area contributed by atoms with Crippen molar-refractivity contribution in [3.8, 4) is 0 Å². The van der Waals surface area contributed by atoms with Gasteiger partial charge in [0.25, 0.3) is 0 Å². The molecule has 6 heteroatoms. The predicted molar refractivity (Wildman–Crippen MR) is 17.3 cm³/mol. The van der Waals surface area contributed by atoms with Crippen molar-refractivity contribution in [2.24, 2.45) is 0 Å². The average Bonchev–Trinajstić information content (AvgIpc) is 0. The smallest absolute Gasteiger partial charge is 0 e. The van der Waals surface area contributed by atoms with Crippen LogP contribution in [0.1, 0.15) is 0 Å². The first kappa shape index (κ1) is 49.9. The van der Waals surface area contributed by atoms with E-state index in [0.717, 1.165) is 0 Å². The van der Waals surface area contributed by atoms with E-state index in [0.29, 0.717) is 0 Å². The van der Waals surface area contributed by atoms with Crippen LogP contribution >= 0.6 is 0 Å². The van der Waals surface area contributed by atoms with Crippen LogP contribution in [0.25, 0.3) is 0 Å². The summed E-state index contributed by atoms with van der Waals surface area (Å²) in [6, 6.07) is 0. The minimum Gasteiger partial charge on any atom is 0 e. The van der Waals surface area contributed by atoms with Gasteiger partial charge in [-0.2, -0.15) is 0 Å². The monoisotopic (exact) mass is 314 g/mol. The van der Waals surface area contributed by atoms with Gasteiger partial charge in [-0.25, -0.2) is 0 Å². The van der Waals surface area contributed by atoms with E-state index < -0.39 is 0 Å². The Morgan fingerprint density at radius 3 is 1.00 bits per heavy atom. The fourth-order valence-corrected chi connectivity index (χ4v) is 0. The largest absolute Gasteiger partial charge is 0 e. The van der Waals surface area contributed by atoms with Gasteiger partial charge in [0.05, 0.1) is 0 Å². The molecule has 0 aromatic heterocycles. The summed E-state index contributed by atoms with van der Waals surface area (Å²) in [5.74, 6) is 0.